The molecule has 0 aliphatic carbocycles. The van der Waals surface area contributed by atoms with Gasteiger partial charge in [-0.15, -0.1) is 0 Å². The van der Waals surface area contributed by atoms with Crippen LogP contribution in [-0.4, -0.2) is 53.2 Å². The van der Waals surface area contributed by atoms with Crippen LogP contribution in [0.15, 0.2) is 30.5 Å². The molecule has 2 aliphatic rings. The summed E-state index contributed by atoms with van der Waals surface area (Å²) in [5.74, 6) is 1.14. The number of likely N-dealkylation sites (tertiary alicyclic amines) is 1. The molecular weight excluding hydrogens is 356 g/mol. The minimum atomic E-state index is -0.100. The second-order valence-corrected chi connectivity index (χ2v) is 7.37. The van der Waals surface area contributed by atoms with E-state index in [1.54, 1.807) is 4.90 Å². The summed E-state index contributed by atoms with van der Waals surface area (Å²) in [4.78, 5) is 28.6. The molecule has 0 bridgehead atoms. The zero-order chi connectivity index (χ0) is 19.5. The molecule has 7 heteroatoms. The van der Waals surface area contributed by atoms with E-state index >= 15 is 0 Å². The number of piperidine rings is 1. The van der Waals surface area contributed by atoms with E-state index in [1.807, 2.05) is 35.4 Å². The van der Waals surface area contributed by atoms with Gasteiger partial charge in [0.25, 0.3) is 5.91 Å². The molecule has 3 heterocycles. The molecular formula is C21H26N4O3. The number of para-hydroxylation sites is 2. The first-order chi connectivity index (χ1) is 13.7. The Balaban J connectivity index is 1.32. The fourth-order valence-corrected chi connectivity index (χ4v) is 4.14. The predicted molar refractivity (Wildman–Crippen MR) is 105 cm³/mol. The number of nitrogens with zero attached hydrogens (tertiary/aromatic N) is 3. The largest absolute Gasteiger partial charge is 0.482 e. The molecule has 1 aromatic carbocycles. The zero-order valence-electron chi connectivity index (χ0n) is 16.2. The summed E-state index contributed by atoms with van der Waals surface area (Å²) >= 11 is 0. The number of aromatic nitrogens is 2. The quantitative estimate of drug-likeness (QED) is 0.862. The van der Waals surface area contributed by atoms with Crippen molar-refractivity contribution in [2.45, 2.75) is 38.5 Å². The maximum Gasteiger partial charge on any atom is 0.265 e. The van der Waals surface area contributed by atoms with Crippen molar-refractivity contribution in [1.82, 2.24) is 15.1 Å². The molecule has 1 N–H and O–H groups in total. The van der Waals surface area contributed by atoms with E-state index in [-0.39, 0.29) is 18.4 Å². The zero-order valence-corrected chi connectivity index (χ0v) is 16.2. The van der Waals surface area contributed by atoms with Crippen molar-refractivity contribution < 1.29 is 14.3 Å². The van der Waals surface area contributed by atoms with Crippen LogP contribution < -0.4 is 9.64 Å². The Bertz CT molecular complexity index is 855. The van der Waals surface area contributed by atoms with Crippen LogP contribution >= 0.6 is 0 Å². The first kappa shape index (κ1) is 18.5. The minimum absolute atomic E-state index is 0.0283. The second kappa shape index (κ2) is 8.04. The highest BCUT2D eigenvalue weighted by Crippen LogP contribution is 2.32. The van der Waals surface area contributed by atoms with E-state index < -0.39 is 0 Å². The number of benzene rings is 1. The Morgan fingerprint density at radius 1 is 1.29 bits per heavy atom. The molecule has 1 aromatic heterocycles. The normalized spacial score (nSPS) is 17.4. The topological polar surface area (TPSA) is 78.5 Å². The van der Waals surface area contributed by atoms with Crippen LogP contribution in [0, 0.1) is 0 Å². The van der Waals surface area contributed by atoms with Crippen molar-refractivity contribution in [2.24, 2.45) is 0 Å². The van der Waals surface area contributed by atoms with E-state index in [0.717, 1.165) is 38.0 Å². The molecule has 2 amide bonds. The van der Waals surface area contributed by atoms with Gasteiger partial charge in [0.15, 0.2) is 6.61 Å². The number of rotatable bonds is 5. The monoisotopic (exact) mass is 382 g/mol. The predicted octanol–water partition coefficient (Wildman–Crippen LogP) is 2.49. The van der Waals surface area contributed by atoms with Gasteiger partial charge in [-0.05, 0) is 37.0 Å². The van der Waals surface area contributed by atoms with Crippen LogP contribution in [-0.2, 0) is 16.0 Å². The number of H-pyrrole nitrogens is 1. The molecule has 1 saturated heterocycles. The summed E-state index contributed by atoms with van der Waals surface area (Å²) in [5, 5.41) is 7.32. The highest BCUT2D eigenvalue weighted by atomic mass is 16.5. The Morgan fingerprint density at radius 2 is 2.07 bits per heavy atom. The highest BCUT2D eigenvalue weighted by Gasteiger charge is 2.28. The Labute approximate surface area is 164 Å². The summed E-state index contributed by atoms with van der Waals surface area (Å²) in [6, 6.07) is 7.46. The molecule has 1 fully saturated rings. The molecule has 0 unspecified atom stereocenters. The molecule has 2 aliphatic heterocycles. The van der Waals surface area contributed by atoms with Gasteiger partial charge in [-0.2, -0.15) is 5.10 Å². The molecule has 0 radical (unpaired) electrons. The summed E-state index contributed by atoms with van der Waals surface area (Å²) in [7, 11) is 0. The SMILES string of the molecule is CCc1cn[nH]c1C1CCN(C(=O)CCN2C(=O)COc3ccccc32)CC1. The van der Waals surface area contributed by atoms with Gasteiger partial charge in [0.2, 0.25) is 5.91 Å². The number of amides is 2. The van der Waals surface area contributed by atoms with Crippen molar-refractivity contribution in [3.05, 3.63) is 41.7 Å². The van der Waals surface area contributed by atoms with Crippen LogP contribution in [0.4, 0.5) is 5.69 Å². The number of carbonyl (C=O) groups is 2. The van der Waals surface area contributed by atoms with Crippen LogP contribution in [0.3, 0.4) is 0 Å². The number of nitrogens with one attached hydrogen (secondary N) is 1. The average molecular weight is 382 g/mol. The lowest BCUT2D eigenvalue weighted by Gasteiger charge is -2.33. The smallest absolute Gasteiger partial charge is 0.265 e. The van der Waals surface area contributed by atoms with Gasteiger partial charge in [-0.3, -0.25) is 14.7 Å². The van der Waals surface area contributed by atoms with E-state index in [0.29, 0.717) is 24.6 Å². The average Bonchev–Trinajstić information content (AvgIpc) is 3.22. The van der Waals surface area contributed by atoms with Crippen molar-refractivity contribution >= 4 is 17.5 Å². The number of aryl methyl sites for hydroxylation is 1. The van der Waals surface area contributed by atoms with Crippen LogP contribution in [0.2, 0.25) is 0 Å². The summed E-state index contributed by atoms with van der Waals surface area (Å²) in [5.41, 5.74) is 3.25. The van der Waals surface area contributed by atoms with Crippen molar-refractivity contribution in [1.29, 1.82) is 0 Å². The number of hydrogen-bond acceptors (Lipinski definition) is 4. The lowest BCUT2D eigenvalue weighted by Crippen LogP contribution is -2.43. The van der Waals surface area contributed by atoms with Crippen LogP contribution in [0.25, 0.3) is 0 Å². The Kier molecular flexibility index (Phi) is 5.32. The van der Waals surface area contributed by atoms with Gasteiger partial charge < -0.3 is 14.5 Å². The Hall–Kier alpha value is -2.83. The van der Waals surface area contributed by atoms with E-state index in [9.17, 15) is 9.59 Å². The first-order valence-corrected chi connectivity index (χ1v) is 9.99. The van der Waals surface area contributed by atoms with Gasteiger partial charge in [0.05, 0.1) is 11.9 Å². The van der Waals surface area contributed by atoms with Crippen LogP contribution in [0.1, 0.15) is 43.4 Å². The van der Waals surface area contributed by atoms with Gasteiger partial charge in [0, 0.05) is 37.7 Å². The van der Waals surface area contributed by atoms with Gasteiger partial charge >= 0.3 is 0 Å². The maximum atomic E-state index is 12.7. The number of anilines is 1. The summed E-state index contributed by atoms with van der Waals surface area (Å²) in [6.07, 6.45) is 5.10. The second-order valence-electron chi connectivity index (χ2n) is 7.37. The summed E-state index contributed by atoms with van der Waals surface area (Å²) in [6.45, 7) is 4.05. The van der Waals surface area contributed by atoms with E-state index in [2.05, 4.69) is 17.1 Å². The molecule has 0 saturated carbocycles. The molecule has 7 nitrogen and oxygen atoms in total. The van der Waals surface area contributed by atoms with Crippen molar-refractivity contribution in [3.8, 4) is 5.75 Å². The molecule has 2 aromatic rings. The summed E-state index contributed by atoms with van der Waals surface area (Å²) < 4.78 is 5.46. The van der Waals surface area contributed by atoms with Crippen molar-refractivity contribution in [3.63, 3.8) is 0 Å². The number of aromatic amines is 1. The first-order valence-electron chi connectivity index (χ1n) is 9.99. The highest BCUT2D eigenvalue weighted by molar-refractivity contribution is 5.98. The van der Waals surface area contributed by atoms with Crippen molar-refractivity contribution in [2.75, 3.05) is 31.1 Å². The molecule has 0 atom stereocenters. The standard InChI is InChI=1S/C21H26N4O3/c1-2-15-13-22-23-21(15)16-7-10-24(11-8-16)19(26)9-12-25-17-5-3-4-6-18(17)28-14-20(25)27/h3-6,13,16H,2,7-12,14H2,1H3,(H,22,23). The lowest BCUT2D eigenvalue weighted by molar-refractivity contribution is -0.132. The van der Waals surface area contributed by atoms with E-state index in [4.69, 9.17) is 4.74 Å². The minimum Gasteiger partial charge on any atom is -0.482 e. The van der Waals surface area contributed by atoms with Gasteiger partial charge in [-0.25, -0.2) is 0 Å². The number of hydrogen-bond donors (Lipinski definition) is 1. The third kappa shape index (κ3) is 3.61. The van der Waals surface area contributed by atoms with E-state index in [1.165, 1.54) is 11.3 Å². The molecule has 148 valence electrons. The third-order valence-corrected chi connectivity index (χ3v) is 5.75. The Morgan fingerprint density at radius 3 is 2.86 bits per heavy atom. The fourth-order valence-electron chi connectivity index (χ4n) is 4.14. The van der Waals surface area contributed by atoms with Crippen LogP contribution in [0.5, 0.6) is 5.75 Å². The molecule has 4 rings (SSSR count). The van der Waals surface area contributed by atoms with Gasteiger partial charge in [0.1, 0.15) is 5.75 Å². The number of fused-ring (bicyclic) bond motifs is 1. The molecule has 28 heavy (non-hydrogen) atoms. The molecule has 0 spiro atoms. The number of carbonyl (C=O) groups excluding carboxylic acids is 2. The lowest BCUT2D eigenvalue weighted by atomic mass is 9.90. The third-order valence-electron chi connectivity index (χ3n) is 5.75. The van der Waals surface area contributed by atoms with Gasteiger partial charge in [-0.1, -0.05) is 19.1 Å². The maximum absolute atomic E-state index is 12.7. The number of ether oxygens (including phenoxy) is 1. The fraction of sp³-hybridized carbons (Fsp3) is 0.476.